The molecule has 0 bridgehead atoms. The van der Waals surface area contributed by atoms with Crippen LogP contribution in [0.2, 0.25) is 0 Å². The van der Waals surface area contributed by atoms with Crippen LogP contribution in [0, 0.1) is 2.88 Å². The van der Waals surface area contributed by atoms with Crippen LogP contribution in [0.25, 0.3) is 0 Å². The van der Waals surface area contributed by atoms with Crippen LogP contribution in [-0.2, 0) is 15.1 Å². The van der Waals surface area contributed by atoms with Crippen LogP contribution in [0.1, 0.15) is 37.5 Å². The van der Waals surface area contributed by atoms with Crippen LogP contribution in [0.5, 0.6) is 0 Å². The van der Waals surface area contributed by atoms with Gasteiger partial charge in [-0.3, -0.25) is 0 Å². The molecule has 0 unspecified atom stereocenters. The van der Waals surface area contributed by atoms with Crippen LogP contribution >= 0.6 is 33.9 Å². The van der Waals surface area contributed by atoms with Crippen molar-refractivity contribution in [3.05, 3.63) is 32.0 Å². The summed E-state index contributed by atoms with van der Waals surface area (Å²) in [6.45, 7) is 5.35. The number of ether oxygens (including phenoxy) is 1. The highest BCUT2D eigenvalue weighted by Gasteiger charge is 2.40. The number of hydrogen-bond acceptors (Lipinski definition) is 3. The monoisotopic (exact) mass is 362 g/mol. The largest absolute Gasteiger partial charge is 0.450 e. The number of rotatable bonds is 3. The van der Waals surface area contributed by atoms with E-state index in [2.05, 4.69) is 41.3 Å². The van der Waals surface area contributed by atoms with Gasteiger partial charge in [0.25, 0.3) is 0 Å². The maximum Gasteiger partial charge on any atom is 0.334 e. The molecule has 1 aliphatic rings. The van der Waals surface area contributed by atoms with E-state index < -0.39 is 0 Å². The van der Waals surface area contributed by atoms with Gasteiger partial charge in [0.2, 0.25) is 0 Å². The molecule has 0 saturated heterocycles. The van der Waals surface area contributed by atoms with E-state index >= 15 is 0 Å². The summed E-state index contributed by atoms with van der Waals surface area (Å²) in [6, 6.07) is 4.17. The van der Waals surface area contributed by atoms with Crippen LogP contribution in [0.15, 0.2) is 24.3 Å². The maximum atomic E-state index is 11.8. The number of thiophene rings is 1. The SMILES string of the molecule is C=C(C)C(=O)OC1(c2ccc(I)s2)CCCC1. The number of hydrogen-bond donors (Lipinski definition) is 0. The highest BCUT2D eigenvalue weighted by atomic mass is 127. The summed E-state index contributed by atoms with van der Waals surface area (Å²) in [6.07, 6.45) is 4.11. The molecular formula is C13H15IO2S. The highest BCUT2D eigenvalue weighted by Crippen LogP contribution is 2.45. The summed E-state index contributed by atoms with van der Waals surface area (Å²) in [4.78, 5) is 12.9. The van der Waals surface area contributed by atoms with Crippen molar-refractivity contribution in [1.82, 2.24) is 0 Å². The van der Waals surface area contributed by atoms with E-state index in [-0.39, 0.29) is 11.6 Å². The van der Waals surface area contributed by atoms with E-state index in [0.717, 1.165) is 25.7 Å². The van der Waals surface area contributed by atoms with Crippen molar-refractivity contribution < 1.29 is 9.53 Å². The van der Waals surface area contributed by atoms with Crippen molar-refractivity contribution in [2.24, 2.45) is 0 Å². The van der Waals surface area contributed by atoms with Crippen molar-refractivity contribution in [3.8, 4) is 0 Å². The molecule has 1 aromatic rings. The molecule has 0 N–H and O–H groups in total. The molecular weight excluding hydrogens is 347 g/mol. The predicted molar refractivity (Wildman–Crippen MR) is 78.1 cm³/mol. The second-order valence-corrected chi connectivity index (χ2v) is 7.45. The van der Waals surface area contributed by atoms with Crippen molar-refractivity contribution in [2.45, 2.75) is 38.2 Å². The van der Waals surface area contributed by atoms with Gasteiger partial charge in [-0.05, 0) is 67.3 Å². The standard InChI is InChI=1S/C13H15IO2S/c1-9(2)12(15)16-13(7-3-4-8-13)10-5-6-11(14)17-10/h5-6H,1,3-4,7-8H2,2H3. The van der Waals surface area contributed by atoms with Crippen molar-refractivity contribution >= 4 is 39.9 Å². The molecule has 0 amide bonds. The Morgan fingerprint density at radius 1 is 1.47 bits per heavy atom. The lowest BCUT2D eigenvalue weighted by atomic mass is 10.00. The average Bonchev–Trinajstić information content (AvgIpc) is 2.87. The van der Waals surface area contributed by atoms with Crippen LogP contribution in [0.3, 0.4) is 0 Å². The minimum atomic E-state index is -0.385. The molecule has 1 heterocycles. The molecule has 0 atom stereocenters. The molecule has 1 aromatic heterocycles. The molecule has 0 radical (unpaired) electrons. The fourth-order valence-corrected chi connectivity index (χ4v) is 3.97. The van der Waals surface area contributed by atoms with E-state index in [1.807, 2.05) is 0 Å². The van der Waals surface area contributed by atoms with Gasteiger partial charge in [-0.1, -0.05) is 6.58 Å². The third kappa shape index (κ3) is 2.73. The Labute approximate surface area is 119 Å². The third-order valence-electron chi connectivity index (χ3n) is 3.07. The van der Waals surface area contributed by atoms with Gasteiger partial charge in [-0.25, -0.2) is 4.79 Å². The molecule has 1 saturated carbocycles. The first-order chi connectivity index (χ1) is 8.03. The zero-order valence-corrected chi connectivity index (χ0v) is 12.8. The Bertz CT molecular complexity index is 444. The molecule has 17 heavy (non-hydrogen) atoms. The van der Waals surface area contributed by atoms with Crippen molar-refractivity contribution in [1.29, 1.82) is 0 Å². The van der Waals surface area contributed by atoms with Gasteiger partial charge in [0.05, 0.1) is 2.88 Å². The van der Waals surface area contributed by atoms with Gasteiger partial charge < -0.3 is 4.74 Å². The zero-order valence-electron chi connectivity index (χ0n) is 9.79. The van der Waals surface area contributed by atoms with Gasteiger partial charge in [0.15, 0.2) is 0 Å². The number of carbonyl (C=O) groups excluding carboxylic acids is 1. The lowest BCUT2D eigenvalue weighted by molar-refractivity contribution is -0.155. The molecule has 0 aromatic carbocycles. The topological polar surface area (TPSA) is 26.3 Å². The van der Waals surface area contributed by atoms with E-state index in [9.17, 15) is 4.79 Å². The van der Waals surface area contributed by atoms with E-state index in [4.69, 9.17) is 4.74 Å². The van der Waals surface area contributed by atoms with Gasteiger partial charge in [0.1, 0.15) is 5.60 Å². The van der Waals surface area contributed by atoms with E-state index in [1.165, 1.54) is 7.76 Å². The minimum Gasteiger partial charge on any atom is -0.450 e. The first kappa shape index (κ1) is 13.1. The number of esters is 1. The zero-order chi connectivity index (χ0) is 12.5. The summed E-state index contributed by atoms with van der Waals surface area (Å²) < 4.78 is 6.96. The van der Waals surface area contributed by atoms with Crippen molar-refractivity contribution in [2.75, 3.05) is 0 Å². The van der Waals surface area contributed by atoms with Crippen LogP contribution in [-0.4, -0.2) is 5.97 Å². The van der Waals surface area contributed by atoms with Gasteiger partial charge in [0, 0.05) is 10.5 Å². The third-order valence-corrected chi connectivity index (χ3v) is 5.15. The molecule has 0 aliphatic heterocycles. The Morgan fingerprint density at radius 3 is 2.59 bits per heavy atom. The Hall–Kier alpha value is -0.360. The molecule has 4 heteroatoms. The summed E-state index contributed by atoms with van der Waals surface area (Å²) in [5.41, 5.74) is 0.0898. The number of carbonyl (C=O) groups is 1. The molecule has 2 rings (SSSR count). The highest BCUT2D eigenvalue weighted by molar-refractivity contribution is 14.1. The Balaban J connectivity index is 2.27. The van der Waals surface area contributed by atoms with Gasteiger partial charge in [-0.15, -0.1) is 11.3 Å². The minimum absolute atomic E-state index is 0.268. The molecule has 1 aliphatic carbocycles. The first-order valence-corrected chi connectivity index (χ1v) is 7.58. The molecule has 1 fully saturated rings. The molecule has 92 valence electrons. The summed E-state index contributed by atoms with van der Waals surface area (Å²) in [5, 5.41) is 0. The second-order valence-electron chi connectivity index (χ2n) is 4.48. The van der Waals surface area contributed by atoms with Crippen LogP contribution < -0.4 is 0 Å². The lowest BCUT2D eigenvalue weighted by Gasteiger charge is -2.28. The van der Waals surface area contributed by atoms with Crippen LogP contribution in [0.4, 0.5) is 0 Å². The fraction of sp³-hybridized carbons (Fsp3) is 0.462. The van der Waals surface area contributed by atoms with Crippen molar-refractivity contribution in [3.63, 3.8) is 0 Å². The first-order valence-electron chi connectivity index (χ1n) is 5.68. The summed E-state index contributed by atoms with van der Waals surface area (Å²) in [5.74, 6) is -0.268. The lowest BCUT2D eigenvalue weighted by Crippen LogP contribution is -2.28. The van der Waals surface area contributed by atoms with E-state index in [1.54, 1.807) is 18.3 Å². The summed E-state index contributed by atoms with van der Waals surface area (Å²) in [7, 11) is 0. The molecule has 2 nitrogen and oxygen atoms in total. The maximum absolute atomic E-state index is 11.8. The Kier molecular flexibility index (Phi) is 3.92. The quantitative estimate of drug-likeness (QED) is 0.457. The average molecular weight is 362 g/mol. The normalized spacial score (nSPS) is 18.0. The smallest absolute Gasteiger partial charge is 0.334 e. The van der Waals surface area contributed by atoms with Gasteiger partial charge >= 0.3 is 5.97 Å². The second kappa shape index (κ2) is 5.10. The van der Waals surface area contributed by atoms with Gasteiger partial charge in [-0.2, -0.15) is 0 Å². The number of halogens is 1. The summed E-state index contributed by atoms with van der Waals surface area (Å²) >= 11 is 4.02. The Morgan fingerprint density at radius 2 is 2.12 bits per heavy atom. The fourth-order valence-electron chi connectivity index (χ4n) is 2.17. The predicted octanol–water partition coefficient (Wildman–Crippen LogP) is 4.24. The molecule has 0 spiro atoms. The van der Waals surface area contributed by atoms with E-state index in [0.29, 0.717) is 5.57 Å².